The molecule has 0 spiro atoms. The van der Waals surface area contributed by atoms with Gasteiger partial charge in [-0.25, -0.2) is 0 Å². The molecule has 0 bridgehead atoms. The summed E-state index contributed by atoms with van der Waals surface area (Å²) < 4.78 is 16.3. The summed E-state index contributed by atoms with van der Waals surface area (Å²) in [6, 6.07) is 20.4. The summed E-state index contributed by atoms with van der Waals surface area (Å²) >= 11 is 0. The van der Waals surface area contributed by atoms with Gasteiger partial charge in [-0.3, -0.25) is 9.69 Å². The van der Waals surface area contributed by atoms with Crippen LogP contribution in [0.1, 0.15) is 22.1 Å². The Bertz CT molecular complexity index is 1140. The Balaban J connectivity index is 1.79. The molecular weight excluding hydrogens is 392 g/mol. The van der Waals surface area contributed by atoms with E-state index in [-0.39, 0.29) is 12.5 Å². The predicted molar refractivity (Wildman–Crippen MR) is 120 cm³/mol. The van der Waals surface area contributed by atoms with Crippen molar-refractivity contribution in [3.05, 3.63) is 77.9 Å². The van der Waals surface area contributed by atoms with Crippen molar-refractivity contribution in [2.24, 2.45) is 0 Å². The molecule has 6 nitrogen and oxygen atoms in total. The van der Waals surface area contributed by atoms with Crippen molar-refractivity contribution >= 4 is 17.3 Å². The number of hydrogen-bond acceptors (Lipinski definition) is 5. The third-order valence-corrected chi connectivity index (χ3v) is 5.09. The highest BCUT2D eigenvalue weighted by molar-refractivity contribution is 6.12. The second-order valence-corrected chi connectivity index (χ2v) is 6.87. The lowest BCUT2D eigenvalue weighted by atomic mass is 10.0. The van der Waals surface area contributed by atoms with E-state index in [9.17, 15) is 4.79 Å². The minimum absolute atomic E-state index is 0.101. The lowest BCUT2D eigenvalue weighted by Crippen LogP contribution is -2.43. The topological polar surface area (TPSA) is 60.0 Å². The SMILES string of the molecule is C#CCOc1ccc([C@@H]2Nc3ccccc3C(=O)N2c2ccc(OC)cc2)cc1OC. The molecule has 1 aliphatic heterocycles. The normalized spacial score (nSPS) is 14.8. The molecule has 0 radical (unpaired) electrons. The summed E-state index contributed by atoms with van der Waals surface area (Å²) in [5.74, 6) is 4.15. The van der Waals surface area contributed by atoms with Gasteiger partial charge < -0.3 is 19.5 Å². The number of carbonyl (C=O) groups excluding carboxylic acids is 1. The van der Waals surface area contributed by atoms with Crippen LogP contribution in [0.4, 0.5) is 11.4 Å². The summed E-state index contributed by atoms with van der Waals surface area (Å²) in [6.07, 6.45) is 4.85. The predicted octanol–water partition coefficient (Wildman–Crippen LogP) is 4.49. The van der Waals surface area contributed by atoms with Gasteiger partial charge in [-0.2, -0.15) is 0 Å². The van der Waals surface area contributed by atoms with Crippen LogP contribution in [0.3, 0.4) is 0 Å². The van der Waals surface area contributed by atoms with E-state index in [4.69, 9.17) is 20.6 Å². The number of benzene rings is 3. The van der Waals surface area contributed by atoms with Gasteiger partial charge >= 0.3 is 0 Å². The van der Waals surface area contributed by atoms with Crippen molar-refractivity contribution in [1.29, 1.82) is 0 Å². The Labute approximate surface area is 181 Å². The number of hydrogen-bond donors (Lipinski definition) is 1. The van der Waals surface area contributed by atoms with E-state index < -0.39 is 6.17 Å². The second-order valence-electron chi connectivity index (χ2n) is 6.87. The third-order valence-electron chi connectivity index (χ3n) is 5.09. The average molecular weight is 414 g/mol. The molecule has 4 rings (SSSR count). The molecule has 0 unspecified atom stereocenters. The van der Waals surface area contributed by atoms with Crippen LogP contribution in [0.15, 0.2) is 66.7 Å². The smallest absolute Gasteiger partial charge is 0.262 e. The summed E-state index contributed by atoms with van der Waals surface area (Å²) in [7, 11) is 3.18. The van der Waals surface area contributed by atoms with Gasteiger partial charge in [-0.05, 0) is 54.1 Å². The van der Waals surface area contributed by atoms with Crippen molar-refractivity contribution in [3.8, 4) is 29.6 Å². The standard InChI is InChI=1S/C25H22N2O4/c1-4-15-31-22-14-9-17(16-23(22)30-3)24-26-21-8-6-5-7-20(21)25(28)27(24)18-10-12-19(29-2)13-11-18/h1,5-14,16,24,26H,15H2,2-3H3/t24-/m1/s1. The number of nitrogens with one attached hydrogen (secondary N) is 1. The zero-order chi connectivity index (χ0) is 21.8. The highest BCUT2D eigenvalue weighted by Crippen LogP contribution is 2.39. The van der Waals surface area contributed by atoms with Crippen molar-refractivity contribution in [3.63, 3.8) is 0 Å². The van der Waals surface area contributed by atoms with E-state index >= 15 is 0 Å². The Hall–Kier alpha value is -4.11. The molecule has 1 N–H and O–H groups in total. The van der Waals surface area contributed by atoms with Gasteiger partial charge in [-0.15, -0.1) is 6.42 Å². The molecule has 3 aromatic rings. The van der Waals surface area contributed by atoms with Crippen LogP contribution in [0, 0.1) is 12.3 Å². The van der Waals surface area contributed by atoms with Crippen molar-refractivity contribution in [1.82, 2.24) is 0 Å². The number of para-hydroxylation sites is 1. The number of nitrogens with zero attached hydrogens (tertiary/aromatic N) is 1. The van der Waals surface area contributed by atoms with Crippen LogP contribution in [0.5, 0.6) is 17.2 Å². The molecule has 3 aromatic carbocycles. The third kappa shape index (κ3) is 3.86. The zero-order valence-electron chi connectivity index (χ0n) is 17.3. The van der Waals surface area contributed by atoms with E-state index in [0.717, 1.165) is 22.7 Å². The molecule has 0 saturated heterocycles. The largest absolute Gasteiger partial charge is 0.497 e. The van der Waals surface area contributed by atoms with Gasteiger partial charge in [-0.1, -0.05) is 24.1 Å². The molecule has 0 aromatic heterocycles. The molecule has 1 aliphatic rings. The Kier molecular flexibility index (Phi) is 5.67. The molecular formula is C25H22N2O4. The van der Waals surface area contributed by atoms with Crippen LogP contribution in [-0.4, -0.2) is 26.7 Å². The van der Waals surface area contributed by atoms with Gasteiger partial charge in [0.25, 0.3) is 5.91 Å². The first kappa shape index (κ1) is 20.2. The van der Waals surface area contributed by atoms with Gasteiger partial charge in [0, 0.05) is 11.4 Å². The number of anilines is 2. The maximum atomic E-state index is 13.5. The van der Waals surface area contributed by atoms with Crippen LogP contribution >= 0.6 is 0 Å². The van der Waals surface area contributed by atoms with E-state index in [1.165, 1.54) is 0 Å². The minimum atomic E-state index is -0.452. The highest BCUT2D eigenvalue weighted by Gasteiger charge is 2.34. The minimum Gasteiger partial charge on any atom is -0.497 e. The molecule has 6 heteroatoms. The van der Waals surface area contributed by atoms with Crippen molar-refractivity contribution in [2.75, 3.05) is 31.0 Å². The van der Waals surface area contributed by atoms with E-state index in [1.54, 1.807) is 25.2 Å². The molecule has 0 saturated carbocycles. The number of terminal acetylenes is 1. The molecule has 156 valence electrons. The Morgan fingerprint density at radius 2 is 1.77 bits per heavy atom. The lowest BCUT2D eigenvalue weighted by molar-refractivity contribution is 0.0975. The summed E-state index contributed by atoms with van der Waals surface area (Å²) in [4.78, 5) is 15.2. The molecule has 0 aliphatic carbocycles. The maximum Gasteiger partial charge on any atom is 0.262 e. The number of ether oxygens (including phenoxy) is 3. The first-order valence-corrected chi connectivity index (χ1v) is 9.73. The number of methoxy groups -OCH3 is 2. The fourth-order valence-corrected chi connectivity index (χ4v) is 3.59. The van der Waals surface area contributed by atoms with E-state index in [2.05, 4.69) is 11.2 Å². The highest BCUT2D eigenvalue weighted by atomic mass is 16.5. The van der Waals surface area contributed by atoms with Crippen LogP contribution in [0.25, 0.3) is 0 Å². The van der Waals surface area contributed by atoms with Crippen LogP contribution < -0.4 is 24.4 Å². The van der Waals surface area contributed by atoms with Gasteiger partial charge in [0.05, 0.1) is 19.8 Å². The van der Waals surface area contributed by atoms with Gasteiger partial charge in [0.15, 0.2) is 11.5 Å². The first-order chi connectivity index (χ1) is 15.2. The quantitative estimate of drug-likeness (QED) is 0.603. The summed E-state index contributed by atoms with van der Waals surface area (Å²) in [5.41, 5.74) is 2.96. The molecule has 1 heterocycles. The van der Waals surface area contributed by atoms with Crippen molar-refractivity contribution in [2.45, 2.75) is 6.17 Å². The molecule has 0 fully saturated rings. The first-order valence-electron chi connectivity index (χ1n) is 9.73. The second kappa shape index (κ2) is 8.72. The lowest BCUT2D eigenvalue weighted by Gasteiger charge is -2.38. The average Bonchev–Trinajstić information content (AvgIpc) is 2.82. The maximum absolute atomic E-state index is 13.5. The van der Waals surface area contributed by atoms with Crippen LogP contribution in [0.2, 0.25) is 0 Å². The summed E-state index contributed by atoms with van der Waals surface area (Å²) in [5, 5.41) is 3.48. The summed E-state index contributed by atoms with van der Waals surface area (Å²) in [6.45, 7) is 0.140. The molecule has 31 heavy (non-hydrogen) atoms. The monoisotopic (exact) mass is 414 g/mol. The zero-order valence-corrected chi connectivity index (χ0v) is 17.3. The van der Waals surface area contributed by atoms with Crippen molar-refractivity contribution < 1.29 is 19.0 Å². The van der Waals surface area contributed by atoms with E-state index in [1.807, 2.05) is 60.7 Å². The number of rotatable bonds is 6. The number of amides is 1. The Morgan fingerprint density at radius 3 is 2.48 bits per heavy atom. The molecule has 1 amide bonds. The molecule has 1 atom stereocenters. The number of carbonyl (C=O) groups is 1. The fourth-order valence-electron chi connectivity index (χ4n) is 3.59. The van der Waals surface area contributed by atoms with E-state index in [0.29, 0.717) is 17.1 Å². The van der Waals surface area contributed by atoms with Crippen LogP contribution in [-0.2, 0) is 0 Å². The van der Waals surface area contributed by atoms with Gasteiger partial charge in [0.2, 0.25) is 0 Å². The fraction of sp³-hybridized carbons (Fsp3) is 0.160. The van der Waals surface area contributed by atoms with Gasteiger partial charge in [0.1, 0.15) is 18.5 Å². The Morgan fingerprint density at radius 1 is 1.00 bits per heavy atom. The number of fused-ring (bicyclic) bond motifs is 1.